The molecule has 4 nitrogen and oxygen atoms in total. The number of rotatable bonds is 8. The molecule has 3 N–H and O–H groups in total. The van der Waals surface area contributed by atoms with Gasteiger partial charge in [-0.15, -0.1) is 0 Å². The van der Waals surface area contributed by atoms with Crippen LogP contribution in [0.4, 0.5) is 0 Å². The summed E-state index contributed by atoms with van der Waals surface area (Å²) in [5.74, 6) is 2.88. The maximum atomic E-state index is 10.6. The summed E-state index contributed by atoms with van der Waals surface area (Å²) < 4.78 is 5.22. The third-order valence-corrected chi connectivity index (χ3v) is 9.44. The van der Waals surface area contributed by atoms with Gasteiger partial charge in [-0.05, 0) is 98.7 Å². The number of aliphatic hydroxyl groups is 3. The van der Waals surface area contributed by atoms with Crippen molar-refractivity contribution in [2.45, 2.75) is 103 Å². The molecule has 0 radical (unpaired) electrons. The van der Waals surface area contributed by atoms with Gasteiger partial charge in [-0.2, -0.15) is 0 Å². The van der Waals surface area contributed by atoms with Gasteiger partial charge in [0.15, 0.2) is 0 Å². The molecule has 1 aromatic carbocycles. The SMILES string of the molecule is COc1ccc([C@H](O)CCC[C@@H](C)[C@H]2CC[C@H]3/C(=C/C=C4C[C@@H](O)C[C@H](O)C4)CCC[C@]23C)cc1. The molecule has 1 aromatic rings. The molecule has 35 heavy (non-hydrogen) atoms. The molecular formula is C31H46O4. The summed E-state index contributed by atoms with van der Waals surface area (Å²) in [5.41, 5.74) is 4.11. The van der Waals surface area contributed by atoms with Crippen molar-refractivity contribution in [3.05, 3.63) is 53.1 Å². The maximum Gasteiger partial charge on any atom is 0.118 e. The Balaban J connectivity index is 1.33. The fraction of sp³-hybridized carbons (Fsp3) is 0.677. The molecule has 0 bridgehead atoms. The monoisotopic (exact) mass is 482 g/mol. The summed E-state index contributed by atoms with van der Waals surface area (Å²) in [6.45, 7) is 4.97. The minimum atomic E-state index is -0.408. The molecule has 4 heteroatoms. The van der Waals surface area contributed by atoms with Crippen LogP contribution in [0.1, 0.15) is 96.1 Å². The van der Waals surface area contributed by atoms with Crippen molar-refractivity contribution in [3.8, 4) is 5.75 Å². The largest absolute Gasteiger partial charge is 0.497 e. The van der Waals surface area contributed by atoms with Gasteiger partial charge in [0.05, 0.1) is 25.4 Å². The zero-order valence-corrected chi connectivity index (χ0v) is 22.0. The number of fused-ring (bicyclic) bond motifs is 1. The molecule has 7 atom stereocenters. The van der Waals surface area contributed by atoms with Crippen LogP contribution in [0, 0.1) is 23.2 Å². The van der Waals surface area contributed by atoms with Crippen molar-refractivity contribution in [2.24, 2.45) is 23.2 Å². The van der Waals surface area contributed by atoms with E-state index in [1.807, 2.05) is 24.3 Å². The van der Waals surface area contributed by atoms with E-state index in [2.05, 4.69) is 26.0 Å². The zero-order valence-electron chi connectivity index (χ0n) is 22.0. The Labute approximate surface area is 212 Å². The van der Waals surface area contributed by atoms with Crippen LogP contribution >= 0.6 is 0 Å². The van der Waals surface area contributed by atoms with E-state index in [1.165, 1.54) is 44.1 Å². The van der Waals surface area contributed by atoms with E-state index >= 15 is 0 Å². The van der Waals surface area contributed by atoms with E-state index in [4.69, 9.17) is 4.74 Å². The second-order valence-corrected chi connectivity index (χ2v) is 11.8. The maximum absolute atomic E-state index is 10.6. The standard InChI is InChI=1S/C31H46O4/c1-21(6-4-8-30(34)24-11-13-27(35-3)14-12-24)28-15-16-29-23(7-5-17-31(28,29)2)10-9-22-18-25(32)20-26(33)19-22/h9-14,21,25-26,28-30,32-34H,4-8,15-20H2,1-3H3/b23-10+/t21-,25-,26-,28-,29+,30-,31-/m1/s1. The van der Waals surface area contributed by atoms with Crippen molar-refractivity contribution in [1.29, 1.82) is 0 Å². The number of methoxy groups -OCH3 is 1. The summed E-state index contributed by atoms with van der Waals surface area (Å²) in [6.07, 6.45) is 14.6. The highest BCUT2D eigenvalue weighted by molar-refractivity contribution is 5.28. The minimum absolute atomic E-state index is 0.363. The summed E-state index contributed by atoms with van der Waals surface area (Å²) in [6, 6.07) is 7.78. The van der Waals surface area contributed by atoms with Crippen LogP contribution in [0.5, 0.6) is 5.75 Å². The first-order chi connectivity index (χ1) is 16.8. The van der Waals surface area contributed by atoms with Crippen LogP contribution in [0.2, 0.25) is 0 Å². The van der Waals surface area contributed by atoms with Crippen molar-refractivity contribution in [1.82, 2.24) is 0 Å². The van der Waals surface area contributed by atoms with E-state index in [1.54, 1.807) is 12.7 Å². The molecule has 3 fully saturated rings. The Kier molecular flexibility index (Phi) is 8.78. The predicted molar refractivity (Wildman–Crippen MR) is 141 cm³/mol. The molecule has 4 rings (SSSR count). The van der Waals surface area contributed by atoms with Crippen molar-refractivity contribution >= 4 is 0 Å². The molecule has 3 aliphatic carbocycles. The highest BCUT2D eigenvalue weighted by Gasteiger charge is 2.50. The first kappa shape index (κ1) is 26.4. The third kappa shape index (κ3) is 6.21. The number of ether oxygens (including phenoxy) is 1. The third-order valence-electron chi connectivity index (χ3n) is 9.44. The van der Waals surface area contributed by atoms with Gasteiger partial charge in [-0.3, -0.25) is 0 Å². The van der Waals surface area contributed by atoms with Gasteiger partial charge in [0, 0.05) is 0 Å². The molecule has 0 amide bonds. The first-order valence-electron chi connectivity index (χ1n) is 13.9. The number of benzene rings is 1. The van der Waals surface area contributed by atoms with E-state index in [0.29, 0.717) is 36.5 Å². The van der Waals surface area contributed by atoms with Crippen LogP contribution in [0.15, 0.2) is 47.6 Å². The molecule has 3 saturated carbocycles. The lowest BCUT2D eigenvalue weighted by Gasteiger charge is -2.44. The molecule has 0 saturated heterocycles. The number of hydrogen-bond donors (Lipinski definition) is 3. The zero-order chi connectivity index (χ0) is 25.0. The summed E-state index contributed by atoms with van der Waals surface area (Å²) >= 11 is 0. The van der Waals surface area contributed by atoms with E-state index in [0.717, 1.165) is 30.1 Å². The van der Waals surface area contributed by atoms with Crippen LogP contribution in [-0.4, -0.2) is 34.6 Å². The Morgan fingerprint density at radius 3 is 2.46 bits per heavy atom. The highest BCUT2D eigenvalue weighted by atomic mass is 16.5. The van der Waals surface area contributed by atoms with Gasteiger partial charge in [0.1, 0.15) is 5.75 Å². The molecular weight excluding hydrogens is 436 g/mol. The summed E-state index contributed by atoms with van der Waals surface area (Å²) in [4.78, 5) is 0. The predicted octanol–water partition coefficient (Wildman–Crippen LogP) is 6.51. The van der Waals surface area contributed by atoms with Gasteiger partial charge in [0.25, 0.3) is 0 Å². The molecule has 0 heterocycles. The molecule has 194 valence electrons. The van der Waals surface area contributed by atoms with Gasteiger partial charge in [-0.1, -0.05) is 62.1 Å². The topological polar surface area (TPSA) is 69.9 Å². The Morgan fingerprint density at radius 2 is 1.77 bits per heavy atom. The van der Waals surface area contributed by atoms with E-state index in [-0.39, 0.29) is 0 Å². The van der Waals surface area contributed by atoms with Crippen LogP contribution in [0.25, 0.3) is 0 Å². The fourth-order valence-electron chi connectivity index (χ4n) is 7.57. The number of hydrogen-bond acceptors (Lipinski definition) is 4. The van der Waals surface area contributed by atoms with E-state index < -0.39 is 18.3 Å². The van der Waals surface area contributed by atoms with Gasteiger partial charge in [-0.25, -0.2) is 0 Å². The van der Waals surface area contributed by atoms with Crippen molar-refractivity contribution in [3.63, 3.8) is 0 Å². The Bertz CT molecular complexity index is 876. The molecule has 0 unspecified atom stereocenters. The smallest absolute Gasteiger partial charge is 0.118 e. The lowest BCUT2D eigenvalue weighted by molar-refractivity contribution is 0.0609. The van der Waals surface area contributed by atoms with Crippen molar-refractivity contribution < 1.29 is 20.1 Å². The summed E-state index contributed by atoms with van der Waals surface area (Å²) in [7, 11) is 1.66. The lowest BCUT2D eigenvalue weighted by Crippen LogP contribution is -2.36. The normalized spacial score (nSPS) is 33.9. The average Bonchev–Trinajstić information content (AvgIpc) is 3.19. The second kappa shape index (κ2) is 11.6. The molecule has 0 aromatic heterocycles. The van der Waals surface area contributed by atoms with Crippen LogP contribution < -0.4 is 4.74 Å². The quantitative estimate of drug-likeness (QED) is 0.395. The first-order valence-corrected chi connectivity index (χ1v) is 13.9. The van der Waals surface area contributed by atoms with Crippen LogP contribution in [0.3, 0.4) is 0 Å². The van der Waals surface area contributed by atoms with Crippen LogP contribution in [-0.2, 0) is 0 Å². The Hall–Kier alpha value is -1.62. The second-order valence-electron chi connectivity index (χ2n) is 11.8. The Morgan fingerprint density at radius 1 is 1.06 bits per heavy atom. The fourth-order valence-corrected chi connectivity index (χ4v) is 7.57. The van der Waals surface area contributed by atoms with Gasteiger partial charge < -0.3 is 20.1 Å². The molecule has 0 aliphatic heterocycles. The minimum Gasteiger partial charge on any atom is -0.497 e. The van der Waals surface area contributed by atoms with Gasteiger partial charge >= 0.3 is 0 Å². The van der Waals surface area contributed by atoms with Crippen molar-refractivity contribution in [2.75, 3.05) is 7.11 Å². The highest BCUT2D eigenvalue weighted by Crippen LogP contribution is 2.60. The molecule has 0 spiro atoms. The van der Waals surface area contributed by atoms with E-state index in [9.17, 15) is 15.3 Å². The number of allylic oxidation sites excluding steroid dienone is 3. The number of aliphatic hydroxyl groups excluding tert-OH is 3. The summed E-state index contributed by atoms with van der Waals surface area (Å²) in [5, 5.41) is 30.7. The van der Waals surface area contributed by atoms with Gasteiger partial charge in [0.2, 0.25) is 0 Å². The molecule has 3 aliphatic rings. The average molecular weight is 483 g/mol. The lowest BCUT2D eigenvalue weighted by atomic mass is 9.60.